The van der Waals surface area contributed by atoms with Gasteiger partial charge >= 0.3 is 0 Å². The molecule has 21 heavy (non-hydrogen) atoms. The number of hydrogen-bond acceptors (Lipinski definition) is 4. The number of methoxy groups -OCH3 is 1. The van der Waals surface area contributed by atoms with Crippen LogP contribution in [0, 0.1) is 0 Å². The van der Waals surface area contributed by atoms with Crippen molar-refractivity contribution in [3.63, 3.8) is 0 Å². The quantitative estimate of drug-likeness (QED) is 0.803. The largest absolute Gasteiger partial charge is 0.493 e. The van der Waals surface area contributed by atoms with Gasteiger partial charge < -0.3 is 14.8 Å². The van der Waals surface area contributed by atoms with Crippen LogP contribution in [0.2, 0.25) is 0 Å². The fourth-order valence-corrected chi connectivity index (χ4v) is 2.74. The first-order valence-electron chi connectivity index (χ1n) is 7.25. The predicted molar refractivity (Wildman–Crippen MR) is 88.5 cm³/mol. The van der Waals surface area contributed by atoms with E-state index in [-0.39, 0.29) is 0 Å². The van der Waals surface area contributed by atoms with E-state index < -0.39 is 0 Å². The lowest BCUT2D eigenvalue weighted by Gasteiger charge is -2.16. The molecule has 1 aromatic heterocycles. The maximum absolute atomic E-state index is 6.01. The van der Waals surface area contributed by atoms with Crippen LogP contribution in [-0.4, -0.2) is 19.8 Å². The minimum atomic E-state index is 0.440. The molecule has 1 N–H and O–H groups in total. The maximum Gasteiger partial charge on any atom is 0.165 e. The lowest BCUT2D eigenvalue weighted by atomic mass is 10.1. The number of ether oxygens (including phenoxy) is 2. The number of thiophene rings is 1. The molecule has 1 aromatic carbocycles. The van der Waals surface area contributed by atoms with E-state index in [4.69, 9.17) is 9.47 Å². The second-order valence-corrected chi connectivity index (χ2v) is 6.19. The van der Waals surface area contributed by atoms with Crippen molar-refractivity contribution < 1.29 is 9.47 Å². The van der Waals surface area contributed by atoms with Crippen LogP contribution in [0.3, 0.4) is 0 Å². The summed E-state index contributed by atoms with van der Waals surface area (Å²) in [4.78, 5) is 1.34. The molecule has 0 radical (unpaired) electrons. The molecule has 0 atom stereocenters. The summed E-state index contributed by atoms with van der Waals surface area (Å²) >= 11 is 1.76. The minimum Gasteiger partial charge on any atom is -0.493 e. The van der Waals surface area contributed by atoms with Crippen LogP contribution in [0.1, 0.15) is 24.3 Å². The lowest BCUT2D eigenvalue weighted by molar-refractivity contribution is 0.294. The van der Waals surface area contributed by atoms with Crippen LogP contribution < -0.4 is 14.8 Å². The third-order valence-corrected chi connectivity index (χ3v) is 4.09. The van der Waals surface area contributed by atoms with Gasteiger partial charge in [-0.2, -0.15) is 0 Å². The Bertz CT molecular complexity index is 538. The zero-order chi connectivity index (χ0) is 15.1. The summed E-state index contributed by atoms with van der Waals surface area (Å²) in [5.41, 5.74) is 1.13. The Hall–Kier alpha value is -1.52. The second kappa shape index (κ2) is 8.05. The fourth-order valence-electron chi connectivity index (χ4n) is 2.05. The first kappa shape index (κ1) is 15.9. The van der Waals surface area contributed by atoms with Crippen LogP contribution in [0.5, 0.6) is 11.5 Å². The van der Waals surface area contributed by atoms with E-state index in [9.17, 15) is 0 Å². The first-order valence-corrected chi connectivity index (χ1v) is 8.13. The molecule has 2 aromatic rings. The highest BCUT2D eigenvalue weighted by Gasteiger charge is 2.11. The number of rotatable bonds is 8. The van der Waals surface area contributed by atoms with Crippen molar-refractivity contribution in [1.82, 2.24) is 5.32 Å². The number of hydrogen-bond donors (Lipinski definition) is 1. The van der Waals surface area contributed by atoms with Crippen molar-refractivity contribution >= 4 is 11.3 Å². The summed E-state index contributed by atoms with van der Waals surface area (Å²) in [6.45, 7) is 5.72. The molecule has 2 rings (SSSR count). The molecule has 0 unspecified atom stereocenters. The Morgan fingerprint density at radius 2 is 2.05 bits per heavy atom. The van der Waals surface area contributed by atoms with E-state index in [0.717, 1.165) is 30.0 Å². The van der Waals surface area contributed by atoms with E-state index in [2.05, 4.69) is 42.7 Å². The average molecular weight is 305 g/mol. The summed E-state index contributed by atoms with van der Waals surface area (Å²) < 4.78 is 11.4. The van der Waals surface area contributed by atoms with Gasteiger partial charge in [-0.3, -0.25) is 0 Å². The molecule has 114 valence electrons. The zero-order valence-electron chi connectivity index (χ0n) is 12.9. The molecule has 0 saturated heterocycles. The maximum atomic E-state index is 6.01. The van der Waals surface area contributed by atoms with Crippen molar-refractivity contribution in [2.45, 2.75) is 32.9 Å². The van der Waals surface area contributed by atoms with Crippen molar-refractivity contribution in [2.75, 3.05) is 13.7 Å². The van der Waals surface area contributed by atoms with E-state index in [1.54, 1.807) is 18.4 Å². The highest BCUT2D eigenvalue weighted by atomic mass is 32.1. The summed E-state index contributed by atoms with van der Waals surface area (Å²) in [6.07, 6.45) is 0.923. The van der Waals surface area contributed by atoms with Gasteiger partial charge in [0.2, 0.25) is 0 Å². The van der Waals surface area contributed by atoms with Crippen LogP contribution >= 0.6 is 11.3 Å². The molecule has 0 saturated carbocycles. The Kier molecular flexibility index (Phi) is 6.08. The topological polar surface area (TPSA) is 30.5 Å². The van der Waals surface area contributed by atoms with E-state index >= 15 is 0 Å². The Labute approximate surface area is 130 Å². The van der Waals surface area contributed by atoms with Crippen LogP contribution in [0.25, 0.3) is 0 Å². The second-order valence-electron chi connectivity index (χ2n) is 5.16. The monoisotopic (exact) mass is 305 g/mol. The molecule has 0 amide bonds. The van der Waals surface area contributed by atoms with Gasteiger partial charge in [0, 0.05) is 29.4 Å². The molecule has 0 aliphatic carbocycles. The molecule has 0 bridgehead atoms. The highest BCUT2D eigenvalue weighted by Crippen LogP contribution is 2.31. The Morgan fingerprint density at radius 1 is 1.19 bits per heavy atom. The molecule has 4 heteroatoms. The normalized spacial score (nSPS) is 10.9. The number of nitrogens with one attached hydrogen (secondary N) is 1. The Balaban J connectivity index is 2.03. The van der Waals surface area contributed by atoms with Crippen LogP contribution in [-0.2, 0) is 13.0 Å². The molecule has 0 spiro atoms. The van der Waals surface area contributed by atoms with Gasteiger partial charge in [-0.25, -0.2) is 0 Å². The molecule has 0 aliphatic heterocycles. The van der Waals surface area contributed by atoms with Crippen LogP contribution in [0.15, 0.2) is 35.7 Å². The van der Waals surface area contributed by atoms with Gasteiger partial charge in [0.1, 0.15) is 0 Å². The van der Waals surface area contributed by atoms with Crippen molar-refractivity contribution in [3.8, 4) is 11.5 Å². The molecular weight excluding hydrogens is 282 g/mol. The highest BCUT2D eigenvalue weighted by molar-refractivity contribution is 7.09. The van der Waals surface area contributed by atoms with Crippen molar-refractivity contribution in [3.05, 3.63) is 46.2 Å². The van der Waals surface area contributed by atoms with E-state index in [0.29, 0.717) is 12.6 Å². The lowest BCUT2D eigenvalue weighted by Crippen LogP contribution is -2.22. The van der Waals surface area contributed by atoms with Crippen molar-refractivity contribution in [1.29, 1.82) is 0 Å². The molecule has 0 fully saturated rings. The summed E-state index contributed by atoms with van der Waals surface area (Å²) in [5.74, 6) is 1.65. The first-order chi connectivity index (χ1) is 10.2. The third-order valence-electron chi connectivity index (χ3n) is 3.16. The van der Waals surface area contributed by atoms with E-state index in [1.165, 1.54) is 4.88 Å². The summed E-state index contributed by atoms with van der Waals surface area (Å²) in [6, 6.07) is 10.7. The van der Waals surface area contributed by atoms with Crippen molar-refractivity contribution in [2.24, 2.45) is 0 Å². The van der Waals surface area contributed by atoms with Gasteiger partial charge in [0.05, 0.1) is 13.7 Å². The summed E-state index contributed by atoms with van der Waals surface area (Å²) in [7, 11) is 1.68. The van der Waals surface area contributed by atoms with Gasteiger partial charge in [0.15, 0.2) is 11.5 Å². The average Bonchev–Trinajstić information content (AvgIpc) is 2.99. The SMILES string of the molecule is COc1cccc(CNC(C)C)c1OCCc1cccs1. The van der Waals surface area contributed by atoms with Gasteiger partial charge in [-0.15, -0.1) is 11.3 Å². The van der Waals surface area contributed by atoms with E-state index in [1.807, 2.05) is 12.1 Å². The number of para-hydroxylation sites is 1. The standard InChI is InChI=1S/C17H23NO2S/c1-13(2)18-12-14-6-4-8-16(19-3)17(14)20-10-9-15-7-5-11-21-15/h4-8,11,13,18H,9-10,12H2,1-3H3. The minimum absolute atomic E-state index is 0.440. The fraction of sp³-hybridized carbons (Fsp3) is 0.412. The predicted octanol–water partition coefficient (Wildman–Crippen LogP) is 3.88. The summed E-state index contributed by atoms with van der Waals surface area (Å²) in [5, 5.41) is 5.52. The third kappa shape index (κ3) is 4.76. The Morgan fingerprint density at radius 3 is 2.71 bits per heavy atom. The molecule has 0 aliphatic rings. The molecule has 3 nitrogen and oxygen atoms in total. The van der Waals surface area contributed by atoms with Crippen LogP contribution in [0.4, 0.5) is 0 Å². The van der Waals surface area contributed by atoms with Gasteiger partial charge in [-0.05, 0) is 17.5 Å². The van der Waals surface area contributed by atoms with Gasteiger partial charge in [-0.1, -0.05) is 32.0 Å². The van der Waals surface area contributed by atoms with Gasteiger partial charge in [0.25, 0.3) is 0 Å². The number of benzene rings is 1. The smallest absolute Gasteiger partial charge is 0.165 e. The molecule has 1 heterocycles. The zero-order valence-corrected chi connectivity index (χ0v) is 13.7. The molecular formula is C17H23NO2S.